The van der Waals surface area contributed by atoms with E-state index in [-0.39, 0.29) is 0 Å². The number of benzene rings is 1. The molecule has 0 radical (unpaired) electrons. The smallest absolute Gasteiger partial charge is 0.342 e. The van der Waals surface area contributed by atoms with Gasteiger partial charge in [0.1, 0.15) is 11.1 Å². The van der Waals surface area contributed by atoms with Gasteiger partial charge < -0.3 is 9.15 Å². The molecule has 2 aromatic heterocycles. The molecule has 0 aliphatic rings. The quantitative estimate of drug-likeness (QED) is 0.692. The van der Waals surface area contributed by atoms with Crippen molar-refractivity contribution in [3.63, 3.8) is 0 Å². The standard InChI is InChI=1S/C15H15N3O3/c1-9-11(8-16-18(9)3)15(19)20-10(2)14-17-12-6-4-5-7-13(12)21-14/h4-8,10H,1-3H3/t10-/m1/s1. The van der Waals surface area contributed by atoms with Crippen molar-refractivity contribution in [1.29, 1.82) is 0 Å². The second-order valence-electron chi connectivity index (χ2n) is 4.83. The van der Waals surface area contributed by atoms with Crippen LogP contribution in [0.1, 0.15) is 35.0 Å². The summed E-state index contributed by atoms with van der Waals surface area (Å²) in [5.74, 6) is -0.0542. The number of aromatic nitrogens is 3. The Morgan fingerprint density at radius 2 is 2.14 bits per heavy atom. The monoisotopic (exact) mass is 285 g/mol. The van der Waals surface area contributed by atoms with Crippen LogP contribution in [0.15, 0.2) is 34.9 Å². The number of esters is 1. The number of oxazole rings is 1. The Hall–Kier alpha value is -2.63. The van der Waals surface area contributed by atoms with Gasteiger partial charge in [0.25, 0.3) is 0 Å². The van der Waals surface area contributed by atoms with Crippen molar-refractivity contribution in [2.24, 2.45) is 7.05 Å². The number of hydrogen-bond donors (Lipinski definition) is 0. The lowest BCUT2D eigenvalue weighted by molar-refractivity contribution is 0.0281. The highest BCUT2D eigenvalue weighted by atomic mass is 16.6. The number of fused-ring (bicyclic) bond motifs is 1. The molecule has 108 valence electrons. The van der Waals surface area contributed by atoms with Gasteiger partial charge in [-0.05, 0) is 26.0 Å². The van der Waals surface area contributed by atoms with E-state index in [0.29, 0.717) is 17.0 Å². The van der Waals surface area contributed by atoms with Crippen LogP contribution in [-0.2, 0) is 11.8 Å². The van der Waals surface area contributed by atoms with Crippen LogP contribution < -0.4 is 0 Å². The van der Waals surface area contributed by atoms with E-state index in [1.165, 1.54) is 6.20 Å². The van der Waals surface area contributed by atoms with Crippen molar-refractivity contribution >= 4 is 17.1 Å². The van der Waals surface area contributed by atoms with Crippen molar-refractivity contribution in [2.45, 2.75) is 20.0 Å². The first-order valence-electron chi connectivity index (χ1n) is 6.61. The number of aryl methyl sites for hydroxylation is 1. The summed E-state index contributed by atoms with van der Waals surface area (Å²) in [5.41, 5.74) is 2.62. The fraction of sp³-hybridized carbons (Fsp3) is 0.267. The fourth-order valence-corrected chi connectivity index (χ4v) is 2.04. The Bertz CT molecular complexity index is 770. The maximum atomic E-state index is 12.1. The number of carbonyl (C=O) groups is 1. The lowest BCUT2D eigenvalue weighted by atomic mass is 10.2. The van der Waals surface area contributed by atoms with E-state index < -0.39 is 12.1 Å². The van der Waals surface area contributed by atoms with Crippen LogP contribution in [0.25, 0.3) is 11.1 Å². The Kier molecular flexibility index (Phi) is 3.21. The topological polar surface area (TPSA) is 70.2 Å². The third-order valence-corrected chi connectivity index (χ3v) is 3.40. The first kappa shape index (κ1) is 13.4. The lowest BCUT2D eigenvalue weighted by Gasteiger charge is -2.09. The van der Waals surface area contributed by atoms with E-state index in [2.05, 4.69) is 10.1 Å². The molecule has 0 aliphatic heterocycles. The molecule has 2 heterocycles. The van der Waals surface area contributed by atoms with E-state index in [4.69, 9.17) is 9.15 Å². The van der Waals surface area contributed by atoms with Gasteiger partial charge >= 0.3 is 5.97 Å². The molecule has 1 atom stereocenters. The van der Waals surface area contributed by atoms with Gasteiger partial charge in [0, 0.05) is 12.7 Å². The van der Waals surface area contributed by atoms with E-state index >= 15 is 0 Å². The normalized spacial score (nSPS) is 12.5. The van der Waals surface area contributed by atoms with Crippen LogP contribution >= 0.6 is 0 Å². The molecular formula is C15H15N3O3. The molecule has 0 spiro atoms. The molecule has 0 amide bonds. The minimum absolute atomic E-state index is 0.381. The summed E-state index contributed by atoms with van der Waals surface area (Å²) in [5, 5.41) is 4.03. The Morgan fingerprint density at radius 3 is 2.81 bits per heavy atom. The molecule has 0 fully saturated rings. The average Bonchev–Trinajstić information content (AvgIpc) is 3.03. The second kappa shape index (κ2) is 5.05. The van der Waals surface area contributed by atoms with Gasteiger partial charge in [0.2, 0.25) is 5.89 Å². The van der Waals surface area contributed by atoms with Gasteiger partial charge in [0.15, 0.2) is 11.7 Å². The summed E-state index contributed by atoms with van der Waals surface area (Å²) < 4.78 is 12.6. The molecule has 6 heteroatoms. The minimum atomic E-state index is -0.565. The molecule has 0 N–H and O–H groups in total. The third-order valence-electron chi connectivity index (χ3n) is 3.40. The van der Waals surface area contributed by atoms with Gasteiger partial charge in [0.05, 0.1) is 6.20 Å². The Morgan fingerprint density at radius 1 is 1.38 bits per heavy atom. The van der Waals surface area contributed by atoms with Gasteiger partial charge in [-0.1, -0.05) is 12.1 Å². The summed E-state index contributed by atoms with van der Waals surface area (Å²) in [6.45, 7) is 3.54. The zero-order chi connectivity index (χ0) is 15.0. The summed E-state index contributed by atoms with van der Waals surface area (Å²) in [6.07, 6.45) is 0.931. The number of carbonyl (C=O) groups excluding carboxylic acids is 1. The van der Waals surface area contributed by atoms with Gasteiger partial charge in [-0.2, -0.15) is 5.10 Å². The number of rotatable bonds is 3. The van der Waals surface area contributed by atoms with Crippen molar-refractivity contribution in [1.82, 2.24) is 14.8 Å². The van der Waals surface area contributed by atoms with Crippen LogP contribution in [0.3, 0.4) is 0 Å². The van der Waals surface area contributed by atoms with Crippen LogP contribution in [-0.4, -0.2) is 20.7 Å². The van der Waals surface area contributed by atoms with Gasteiger partial charge in [-0.25, -0.2) is 9.78 Å². The van der Waals surface area contributed by atoms with Crippen molar-refractivity contribution in [3.8, 4) is 0 Å². The summed E-state index contributed by atoms with van der Waals surface area (Å²) >= 11 is 0. The maximum Gasteiger partial charge on any atom is 0.342 e. The molecule has 6 nitrogen and oxygen atoms in total. The lowest BCUT2D eigenvalue weighted by Crippen LogP contribution is -2.10. The molecule has 0 saturated heterocycles. The molecule has 0 aliphatic carbocycles. The van der Waals surface area contributed by atoms with Crippen LogP contribution in [0.2, 0.25) is 0 Å². The predicted molar refractivity (Wildman–Crippen MR) is 75.8 cm³/mol. The van der Waals surface area contributed by atoms with E-state index in [0.717, 1.165) is 11.2 Å². The zero-order valence-electron chi connectivity index (χ0n) is 12.0. The SMILES string of the molecule is Cc1c(C(=O)O[C@H](C)c2nc3ccccc3o2)cnn1C. The summed E-state index contributed by atoms with van der Waals surface area (Å²) in [4.78, 5) is 16.5. The Labute approximate surface area is 121 Å². The van der Waals surface area contributed by atoms with E-state index in [1.54, 1.807) is 18.7 Å². The molecular weight excluding hydrogens is 270 g/mol. The number of ether oxygens (including phenoxy) is 1. The maximum absolute atomic E-state index is 12.1. The second-order valence-corrected chi connectivity index (χ2v) is 4.83. The Balaban J connectivity index is 1.81. The number of para-hydroxylation sites is 2. The largest absolute Gasteiger partial charge is 0.449 e. The van der Waals surface area contributed by atoms with E-state index in [9.17, 15) is 4.79 Å². The highest BCUT2D eigenvalue weighted by Gasteiger charge is 2.21. The molecule has 0 bridgehead atoms. The highest BCUT2D eigenvalue weighted by molar-refractivity contribution is 5.90. The van der Waals surface area contributed by atoms with Crippen molar-refractivity contribution in [3.05, 3.63) is 47.6 Å². The molecule has 1 aromatic carbocycles. The molecule has 0 unspecified atom stereocenters. The molecule has 21 heavy (non-hydrogen) atoms. The zero-order valence-corrected chi connectivity index (χ0v) is 12.0. The first-order valence-corrected chi connectivity index (χ1v) is 6.61. The van der Waals surface area contributed by atoms with Gasteiger partial charge in [-0.3, -0.25) is 4.68 Å². The van der Waals surface area contributed by atoms with Gasteiger partial charge in [-0.15, -0.1) is 0 Å². The fourth-order valence-electron chi connectivity index (χ4n) is 2.04. The van der Waals surface area contributed by atoms with Crippen LogP contribution in [0.4, 0.5) is 0 Å². The molecule has 0 saturated carbocycles. The molecule has 3 rings (SSSR count). The third kappa shape index (κ3) is 2.40. The molecule has 3 aromatic rings. The van der Waals surface area contributed by atoms with E-state index in [1.807, 2.05) is 31.2 Å². The highest BCUT2D eigenvalue weighted by Crippen LogP contribution is 2.23. The predicted octanol–water partition coefficient (Wildman–Crippen LogP) is 2.79. The van der Waals surface area contributed by atoms with Crippen molar-refractivity contribution in [2.75, 3.05) is 0 Å². The van der Waals surface area contributed by atoms with Crippen LogP contribution in [0.5, 0.6) is 0 Å². The minimum Gasteiger partial charge on any atom is -0.449 e. The van der Waals surface area contributed by atoms with Crippen LogP contribution in [0, 0.1) is 6.92 Å². The number of hydrogen-bond acceptors (Lipinski definition) is 5. The first-order chi connectivity index (χ1) is 10.1. The summed E-state index contributed by atoms with van der Waals surface area (Å²) in [7, 11) is 1.77. The summed E-state index contributed by atoms with van der Waals surface area (Å²) in [6, 6.07) is 7.42. The number of nitrogens with zero attached hydrogens (tertiary/aromatic N) is 3. The van der Waals surface area contributed by atoms with Crippen molar-refractivity contribution < 1.29 is 13.9 Å². The average molecular weight is 285 g/mol.